The van der Waals surface area contributed by atoms with Crippen LogP contribution < -0.4 is 0 Å². The Morgan fingerprint density at radius 1 is 0.625 bits per heavy atom. The van der Waals surface area contributed by atoms with Crippen molar-refractivity contribution in [1.82, 2.24) is 0 Å². The van der Waals surface area contributed by atoms with Gasteiger partial charge in [0.15, 0.2) is 5.78 Å². The van der Waals surface area contributed by atoms with E-state index in [9.17, 15) is 4.79 Å². The van der Waals surface area contributed by atoms with Crippen molar-refractivity contribution in [2.24, 2.45) is 0 Å². The zero-order valence-electron chi connectivity index (χ0n) is 13.9. The van der Waals surface area contributed by atoms with Crippen LogP contribution in [-0.4, -0.2) is 16.4 Å². The molecule has 2 rings (SSSR count). The molecule has 0 aliphatic heterocycles. The number of hydrogen-bond acceptors (Lipinski definition) is 1. The van der Waals surface area contributed by atoms with Crippen molar-refractivity contribution in [1.29, 1.82) is 0 Å². The molecule has 0 aliphatic carbocycles. The van der Waals surface area contributed by atoms with Crippen LogP contribution in [0.15, 0.2) is 48.5 Å². The van der Waals surface area contributed by atoms with Gasteiger partial charge < -0.3 is 0 Å². The van der Waals surface area contributed by atoms with Crippen molar-refractivity contribution >= 4 is 37.6 Å². The molecule has 24 heavy (non-hydrogen) atoms. The summed E-state index contributed by atoms with van der Waals surface area (Å²) in [6.45, 7) is 0. The van der Waals surface area contributed by atoms with Crippen LogP contribution in [-0.2, 0) is 12.8 Å². The third-order valence-corrected chi connectivity index (χ3v) is 5.25. The summed E-state index contributed by atoms with van der Waals surface area (Å²) in [6.07, 6.45) is 6.86. The van der Waals surface area contributed by atoms with Gasteiger partial charge in [-0.3, -0.25) is 4.79 Å². The van der Waals surface area contributed by atoms with Gasteiger partial charge in [-0.25, -0.2) is 0 Å². The number of alkyl halides is 2. The second-order valence-corrected chi connectivity index (χ2v) is 7.60. The first kappa shape index (κ1) is 19.4. The van der Waals surface area contributed by atoms with E-state index < -0.39 is 0 Å². The topological polar surface area (TPSA) is 17.1 Å². The molecule has 0 fully saturated rings. The Balaban J connectivity index is 1.95. The lowest BCUT2D eigenvalue weighted by molar-refractivity contribution is 0.103. The molecule has 0 amide bonds. The van der Waals surface area contributed by atoms with Gasteiger partial charge in [-0.15, -0.1) is 0 Å². The van der Waals surface area contributed by atoms with Gasteiger partial charge in [-0.05, 0) is 49.7 Å². The smallest absolute Gasteiger partial charge is 0.193 e. The van der Waals surface area contributed by atoms with Gasteiger partial charge in [0, 0.05) is 21.8 Å². The standard InChI is InChI=1S/C21H24Br2O/c22-15-3-1-5-17-7-11-19(12-8-17)21(24)20-13-9-18(10-14-20)6-2-4-16-23/h7-14H,1-6,15-16H2. The molecule has 0 saturated heterocycles. The van der Waals surface area contributed by atoms with E-state index >= 15 is 0 Å². The average Bonchev–Trinajstić information content (AvgIpc) is 2.63. The molecule has 0 radical (unpaired) electrons. The number of unbranched alkanes of at least 4 members (excludes halogenated alkanes) is 2. The van der Waals surface area contributed by atoms with Gasteiger partial charge in [0.1, 0.15) is 0 Å². The van der Waals surface area contributed by atoms with Crippen LogP contribution in [0.1, 0.15) is 52.7 Å². The second-order valence-electron chi connectivity index (χ2n) is 6.02. The van der Waals surface area contributed by atoms with Crippen LogP contribution in [0.3, 0.4) is 0 Å². The highest BCUT2D eigenvalue weighted by molar-refractivity contribution is 9.09. The number of carbonyl (C=O) groups excluding carboxylic acids is 1. The lowest BCUT2D eigenvalue weighted by Gasteiger charge is -2.05. The number of benzene rings is 2. The van der Waals surface area contributed by atoms with E-state index in [0.29, 0.717) is 0 Å². The van der Waals surface area contributed by atoms with Crippen molar-refractivity contribution < 1.29 is 4.79 Å². The molecule has 0 unspecified atom stereocenters. The van der Waals surface area contributed by atoms with E-state index in [4.69, 9.17) is 0 Å². The molecule has 0 aromatic heterocycles. The third-order valence-electron chi connectivity index (χ3n) is 4.13. The van der Waals surface area contributed by atoms with E-state index in [1.54, 1.807) is 0 Å². The van der Waals surface area contributed by atoms with Crippen LogP contribution in [0.5, 0.6) is 0 Å². The van der Waals surface area contributed by atoms with Gasteiger partial charge in [0.2, 0.25) is 0 Å². The molecule has 0 atom stereocenters. The number of halogens is 2. The number of hydrogen-bond donors (Lipinski definition) is 0. The molecule has 0 N–H and O–H groups in total. The Hall–Kier alpha value is -0.930. The normalized spacial score (nSPS) is 10.8. The van der Waals surface area contributed by atoms with Crippen molar-refractivity contribution in [3.05, 3.63) is 70.8 Å². The molecule has 2 aromatic rings. The number of rotatable bonds is 10. The van der Waals surface area contributed by atoms with Crippen molar-refractivity contribution in [3.63, 3.8) is 0 Å². The molecule has 128 valence electrons. The van der Waals surface area contributed by atoms with Crippen LogP contribution >= 0.6 is 31.9 Å². The zero-order chi connectivity index (χ0) is 17.2. The lowest BCUT2D eigenvalue weighted by Crippen LogP contribution is -2.02. The summed E-state index contributed by atoms with van der Waals surface area (Å²) in [5, 5.41) is 2.10. The molecule has 0 spiro atoms. The lowest BCUT2D eigenvalue weighted by atomic mass is 9.99. The third kappa shape index (κ3) is 6.18. The Kier molecular flexibility index (Phi) is 8.76. The summed E-state index contributed by atoms with van der Waals surface area (Å²) in [5.74, 6) is 0.106. The molecule has 1 nitrogen and oxygen atoms in total. The molecular weight excluding hydrogens is 428 g/mol. The van der Waals surface area contributed by atoms with Crippen LogP contribution in [0, 0.1) is 0 Å². The van der Waals surface area contributed by atoms with E-state index in [2.05, 4.69) is 56.1 Å². The molecule has 0 bridgehead atoms. The molecule has 0 heterocycles. The molecule has 0 aliphatic rings. The van der Waals surface area contributed by atoms with Crippen LogP contribution in [0.2, 0.25) is 0 Å². The predicted octanol–water partition coefficient (Wildman–Crippen LogP) is 6.35. The maximum absolute atomic E-state index is 12.6. The number of aryl methyl sites for hydroxylation is 2. The van der Waals surface area contributed by atoms with Gasteiger partial charge in [-0.1, -0.05) is 80.4 Å². The summed E-state index contributed by atoms with van der Waals surface area (Å²) in [7, 11) is 0. The van der Waals surface area contributed by atoms with Gasteiger partial charge in [-0.2, -0.15) is 0 Å². The first-order chi connectivity index (χ1) is 11.7. The fourth-order valence-electron chi connectivity index (χ4n) is 2.66. The van der Waals surface area contributed by atoms with Gasteiger partial charge >= 0.3 is 0 Å². The second kappa shape index (κ2) is 10.8. The first-order valence-electron chi connectivity index (χ1n) is 8.59. The highest BCUT2D eigenvalue weighted by Crippen LogP contribution is 2.15. The average molecular weight is 452 g/mol. The Labute approximate surface area is 162 Å². The minimum atomic E-state index is 0.106. The maximum Gasteiger partial charge on any atom is 0.193 e. The molecule has 3 heteroatoms. The highest BCUT2D eigenvalue weighted by Gasteiger charge is 2.09. The fraction of sp³-hybridized carbons (Fsp3) is 0.381. The van der Waals surface area contributed by atoms with Crippen molar-refractivity contribution in [3.8, 4) is 0 Å². The summed E-state index contributed by atoms with van der Waals surface area (Å²) in [6, 6.07) is 16.1. The van der Waals surface area contributed by atoms with E-state index in [1.165, 1.54) is 36.8 Å². The van der Waals surface area contributed by atoms with Crippen molar-refractivity contribution in [2.75, 3.05) is 10.7 Å². The summed E-state index contributed by atoms with van der Waals surface area (Å²) in [4.78, 5) is 12.6. The van der Waals surface area contributed by atoms with Gasteiger partial charge in [0.25, 0.3) is 0 Å². The molecule has 0 saturated carbocycles. The first-order valence-corrected chi connectivity index (χ1v) is 10.8. The summed E-state index contributed by atoms with van der Waals surface area (Å²) in [5.41, 5.74) is 4.14. The van der Waals surface area contributed by atoms with E-state index in [-0.39, 0.29) is 5.78 Å². The SMILES string of the molecule is O=C(c1ccc(CCCCBr)cc1)c1ccc(CCCCBr)cc1. The van der Waals surface area contributed by atoms with Crippen LogP contribution in [0.4, 0.5) is 0 Å². The van der Waals surface area contributed by atoms with E-state index in [0.717, 1.165) is 34.6 Å². The summed E-state index contributed by atoms with van der Waals surface area (Å²) < 4.78 is 0. The Morgan fingerprint density at radius 2 is 1.00 bits per heavy atom. The van der Waals surface area contributed by atoms with Gasteiger partial charge in [0.05, 0.1) is 0 Å². The quantitative estimate of drug-likeness (QED) is 0.233. The summed E-state index contributed by atoms with van der Waals surface area (Å²) >= 11 is 6.91. The minimum absolute atomic E-state index is 0.106. The maximum atomic E-state index is 12.6. The fourth-order valence-corrected chi connectivity index (χ4v) is 3.45. The Bertz CT molecular complexity index is 562. The molecular formula is C21H24Br2O. The molecule has 2 aromatic carbocycles. The van der Waals surface area contributed by atoms with Crippen molar-refractivity contribution in [2.45, 2.75) is 38.5 Å². The largest absolute Gasteiger partial charge is 0.289 e. The number of carbonyl (C=O) groups is 1. The predicted molar refractivity (Wildman–Crippen MR) is 110 cm³/mol. The Morgan fingerprint density at radius 3 is 1.33 bits per heavy atom. The number of ketones is 1. The monoisotopic (exact) mass is 450 g/mol. The van der Waals surface area contributed by atoms with Crippen LogP contribution in [0.25, 0.3) is 0 Å². The highest BCUT2D eigenvalue weighted by atomic mass is 79.9. The van der Waals surface area contributed by atoms with E-state index in [1.807, 2.05) is 24.3 Å². The minimum Gasteiger partial charge on any atom is -0.289 e. The zero-order valence-corrected chi connectivity index (χ0v) is 17.1.